The Morgan fingerprint density at radius 3 is 2.74 bits per heavy atom. The molecule has 136 valence electrons. The zero-order valence-corrected chi connectivity index (χ0v) is 15.6. The molecule has 0 radical (unpaired) electrons. The lowest BCUT2D eigenvalue weighted by atomic mass is 10.1. The molecule has 2 heterocycles. The zero-order valence-electron chi connectivity index (χ0n) is 14.8. The van der Waals surface area contributed by atoms with Gasteiger partial charge >= 0.3 is 0 Å². The molecule has 1 amide bonds. The van der Waals surface area contributed by atoms with E-state index in [1.165, 1.54) is 11.3 Å². The average molecular weight is 379 g/mol. The number of para-hydroxylation sites is 1. The third-order valence-electron chi connectivity index (χ3n) is 3.92. The number of fused-ring (bicyclic) bond motifs is 1. The molecule has 0 aliphatic heterocycles. The lowest BCUT2D eigenvalue weighted by Gasteiger charge is -2.13. The fraction of sp³-hybridized carbons (Fsp3) is 0.158. The normalized spacial score (nSPS) is 12.1. The Hall–Kier alpha value is -3.26. The van der Waals surface area contributed by atoms with Gasteiger partial charge in [-0.25, -0.2) is 0 Å². The van der Waals surface area contributed by atoms with Crippen LogP contribution in [0.5, 0.6) is 5.75 Å². The van der Waals surface area contributed by atoms with E-state index < -0.39 is 6.10 Å². The maximum atomic E-state index is 12.4. The molecule has 0 aliphatic carbocycles. The van der Waals surface area contributed by atoms with Crippen molar-refractivity contribution in [1.82, 2.24) is 19.8 Å². The fourth-order valence-electron chi connectivity index (χ4n) is 2.60. The number of carbonyl (C=O) groups is 1. The van der Waals surface area contributed by atoms with E-state index in [1.807, 2.05) is 49.4 Å². The summed E-state index contributed by atoms with van der Waals surface area (Å²) in [6, 6.07) is 17.2. The van der Waals surface area contributed by atoms with E-state index in [1.54, 1.807) is 23.6 Å². The van der Waals surface area contributed by atoms with Gasteiger partial charge < -0.3 is 4.74 Å². The second kappa shape index (κ2) is 7.16. The number of nitrogens with zero attached hydrogens (tertiary/aromatic N) is 4. The molecular weight excluding hydrogens is 362 g/mol. The predicted molar refractivity (Wildman–Crippen MR) is 104 cm³/mol. The average Bonchev–Trinajstić information content (AvgIpc) is 3.22. The van der Waals surface area contributed by atoms with Crippen molar-refractivity contribution in [2.45, 2.75) is 20.0 Å². The topological polar surface area (TPSA) is 81.4 Å². The quantitative estimate of drug-likeness (QED) is 0.573. The third-order valence-corrected chi connectivity index (χ3v) is 4.74. The van der Waals surface area contributed by atoms with Crippen LogP contribution in [0.1, 0.15) is 12.5 Å². The first-order valence-electron chi connectivity index (χ1n) is 8.42. The molecule has 0 saturated carbocycles. The first-order chi connectivity index (χ1) is 13.1. The van der Waals surface area contributed by atoms with Crippen molar-refractivity contribution >= 4 is 27.3 Å². The van der Waals surface area contributed by atoms with Crippen LogP contribution in [0, 0.1) is 6.92 Å². The van der Waals surface area contributed by atoms with E-state index >= 15 is 0 Å². The maximum absolute atomic E-state index is 12.4. The summed E-state index contributed by atoms with van der Waals surface area (Å²) in [7, 11) is 0. The summed E-state index contributed by atoms with van der Waals surface area (Å²) < 4.78 is 7.28. The zero-order chi connectivity index (χ0) is 18.8. The number of ether oxygens (including phenoxy) is 1. The molecular formula is C19H17N5O2S. The van der Waals surface area contributed by atoms with Crippen LogP contribution in [0.25, 0.3) is 16.3 Å². The van der Waals surface area contributed by atoms with E-state index in [9.17, 15) is 4.79 Å². The van der Waals surface area contributed by atoms with Gasteiger partial charge in [0.25, 0.3) is 5.91 Å². The molecule has 0 fully saturated rings. The standard InChI is InChI=1S/C19H17N5O2S/c1-12-7-6-8-14(11-12)16-21-22-19-24(16)23-18(27-19)20-17(25)13(2)26-15-9-4-3-5-10-15/h3-11,13H,1-2H3,(H,20,23,25)/t13-/m1/s1. The molecule has 0 saturated heterocycles. The number of benzene rings is 2. The van der Waals surface area contributed by atoms with Crippen LogP contribution in [-0.4, -0.2) is 31.8 Å². The Morgan fingerprint density at radius 2 is 1.96 bits per heavy atom. The number of nitrogens with one attached hydrogen (secondary N) is 1. The van der Waals surface area contributed by atoms with Crippen molar-refractivity contribution < 1.29 is 9.53 Å². The van der Waals surface area contributed by atoms with Gasteiger partial charge in [0.2, 0.25) is 10.1 Å². The SMILES string of the molecule is Cc1cccc(-c2nnc3sc(NC(=O)[C@@H](C)Oc4ccccc4)nn23)c1. The molecule has 4 aromatic rings. The van der Waals surface area contributed by atoms with Gasteiger partial charge in [0.1, 0.15) is 5.75 Å². The molecule has 0 bridgehead atoms. The number of aryl methyl sites for hydroxylation is 1. The minimum absolute atomic E-state index is 0.277. The number of anilines is 1. The van der Waals surface area contributed by atoms with Crippen LogP contribution in [0.2, 0.25) is 0 Å². The van der Waals surface area contributed by atoms with Crippen molar-refractivity contribution in [3.05, 3.63) is 60.2 Å². The highest BCUT2D eigenvalue weighted by atomic mass is 32.1. The molecule has 0 aliphatic rings. The summed E-state index contributed by atoms with van der Waals surface area (Å²) in [5.74, 6) is 1.000. The van der Waals surface area contributed by atoms with Crippen LogP contribution >= 0.6 is 11.3 Å². The van der Waals surface area contributed by atoms with Gasteiger partial charge in [0.15, 0.2) is 11.9 Å². The van der Waals surface area contributed by atoms with Crippen LogP contribution in [0.4, 0.5) is 5.13 Å². The van der Waals surface area contributed by atoms with E-state index in [0.29, 0.717) is 21.7 Å². The fourth-order valence-corrected chi connectivity index (χ4v) is 3.34. The minimum Gasteiger partial charge on any atom is -0.481 e. The molecule has 2 aromatic heterocycles. The van der Waals surface area contributed by atoms with E-state index in [2.05, 4.69) is 20.6 Å². The first kappa shape index (κ1) is 17.2. The Morgan fingerprint density at radius 1 is 1.15 bits per heavy atom. The van der Waals surface area contributed by atoms with Crippen molar-refractivity contribution in [2.75, 3.05) is 5.32 Å². The summed E-state index contributed by atoms with van der Waals surface area (Å²) in [5, 5.41) is 16.0. The van der Waals surface area contributed by atoms with Crippen molar-refractivity contribution in [3.8, 4) is 17.1 Å². The van der Waals surface area contributed by atoms with Gasteiger partial charge in [-0.1, -0.05) is 53.3 Å². The second-order valence-corrected chi connectivity index (χ2v) is 7.01. The Bertz CT molecular complexity index is 1090. The number of aromatic nitrogens is 4. The van der Waals surface area contributed by atoms with Crippen molar-refractivity contribution in [3.63, 3.8) is 0 Å². The minimum atomic E-state index is -0.655. The lowest BCUT2D eigenvalue weighted by molar-refractivity contribution is -0.122. The van der Waals surface area contributed by atoms with Gasteiger partial charge in [0, 0.05) is 5.56 Å². The van der Waals surface area contributed by atoms with Gasteiger partial charge in [-0.05, 0) is 32.0 Å². The number of amides is 1. The molecule has 1 N–H and O–H groups in total. The third kappa shape index (κ3) is 3.65. The van der Waals surface area contributed by atoms with Crippen LogP contribution in [0.3, 0.4) is 0 Å². The molecule has 4 rings (SSSR count). The number of hydrogen-bond donors (Lipinski definition) is 1. The molecule has 8 heteroatoms. The highest BCUT2D eigenvalue weighted by Gasteiger charge is 2.19. The highest BCUT2D eigenvalue weighted by Crippen LogP contribution is 2.25. The van der Waals surface area contributed by atoms with Gasteiger partial charge in [-0.15, -0.1) is 15.3 Å². The lowest BCUT2D eigenvalue weighted by Crippen LogP contribution is -2.30. The predicted octanol–water partition coefficient (Wildman–Crippen LogP) is 3.57. The van der Waals surface area contributed by atoms with Crippen LogP contribution in [-0.2, 0) is 4.79 Å². The Kier molecular flexibility index (Phi) is 4.55. The van der Waals surface area contributed by atoms with Crippen LogP contribution < -0.4 is 10.1 Å². The van der Waals surface area contributed by atoms with E-state index in [-0.39, 0.29) is 5.91 Å². The number of rotatable bonds is 5. The number of carbonyl (C=O) groups excluding carboxylic acids is 1. The largest absolute Gasteiger partial charge is 0.481 e. The molecule has 1 atom stereocenters. The highest BCUT2D eigenvalue weighted by molar-refractivity contribution is 7.20. The van der Waals surface area contributed by atoms with Crippen LogP contribution in [0.15, 0.2) is 54.6 Å². The summed E-state index contributed by atoms with van der Waals surface area (Å²) >= 11 is 1.26. The molecule has 27 heavy (non-hydrogen) atoms. The molecule has 0 unspecified atom stereocenters. The number of hydrogen-bond acceptors (Lipinski definition) is 6. The summed E-state index contributed by atoms with van der Waals surface area (Å²) in [6.45, 7) is 3.71. The summed E-state index contributed by atoms with van der Waals surface area (Å²) in [4.78, 5) is 13.0. The molecule has 7 nitrogen and oxygen atoms in total. The second-order valence-electron chi connectivity index (χ2n) is 6.06. The van der Waals surface area contributed by atoms with Gasteiger partial charge in [0.05, 0.1) is 0 Å². The Balaban J connectivity index is 1.52. The van der Waals surface area contributed by atoms with E-state index in [4.69, 9.17) is 4.74 Å². The smallest absolute Gasteiger partial charge is 0.266 e. The summed E-state index contributed by atoms with van der Waals surface area (Å²) in [6.07, 6.45) is -0.655. The monoisotopic (exact) mass is 379 g/mol. The summed E-state index contributed by atoms with van der Waals surface area (Å²) in [5.41, 5.74) is 2.05. The maximum Gasteiger partial charge on any atom is 0.266 e. The van der Waals surface area contributed by atoms with Gasteiger partial charge in [-0.3, -0.25) is 10.1 Å². The van der Waals surface area contributed by atoms with Crippen molar-refractivity contribution in [1.29, 1.82) is 0 Å². The Labute approximate surface area is 159 Å². The molecule has 0 spiro atoms. The molecule has 2 aromatic carbocycles. The van der Waals surface area contributed by atoms with Gasteiger partial charge in [-0.2, -0.15) is 4.52 Å². The van der Waals surface area contributed by atoms with E-state index in [0.717, 1.165) is 11.1 Å². The first-order valence-corrected chi connectivity index (χ1v) is 9.23. The van der Waals surface area contributed by atoms with Crippen molar-refractivity contribution in [2.24, 2.45) is 0 Å².